The number of aliphatic carboxylic acids is 2. The number of hydrogen-bond acceptors (Lipinski definition) is 7. The van der Waals surface area contributed by atoms with E-state index in [1.807, 2.05) is 0 Å². The summed E-state index contributed by atoms with van der Waals surface area (Å²) in [7, 11) is -0.721. The summed E-state index contributed by atoms with van der Waals surface area (Å²) in [4.78, 5) is 48.0. The van der Waals surface area contributed by atoms with Gasteiger partial charge in [0.05, 0.1) is 0 Å². The Hall–Kier alpha value is -2.34. The first-order valence-electron chi connectivity index (χ1n) is 10.5. The molecule has 0 aromatic heterocycles. The van der Waals surface area contributed by atoms with E-state index in [2.05, 4.69) is 23.8 Å². The molecule has 12 heteroatoms. The molecule has 0 bridgehead atoms. The normalized spacial score (nSPS) is 14.2. The number of hydrogen-bond donors (Lipinski definition) is 4. The van der Waals surface area contributed by atoms with Crippen LogP contribution < -0.4 is 10.6 Å². The molecule has 0 saturated heterocycles. The smallest absolute Gasteiger partial charge is 0.408 e. The number of rotatable bonds is 13. The van der Waals surface area contributed by atoms with Crippen LogP contribution in [0.5, 0.6) is 0 Å². The van der Waals surface area contributed by atoms with Crippen LogP contribution in [0.3, 0.4) is 0 Å². The minimum Gasteiger partial charge on any atom is -0.480 e. The van der Waals surface area contributed by atoms with E-state index in [1.54, 1.807) is 53.7 Å². The van der Waals surface area contributed by atoms with Crippen LogP contribution in [0.15, 0.2) is 25.3 Å². The van der Waals surface area contributed by atoms with E-state index < -0.39 is 56.5 Å². The lowest BCUT2D eigenvalue weighted by Crippen LogP contribution is -2.47. The number of alkyl carbamates (subject to hydrolysis) is 2. The number of ether oxygens (including phenoxy) is 2. The highest BCUT2D eigenvalue weighted by Crippen LogP contribution is 2.60. The van der Waals surface area contributed by atoms with Gasteiger partial charge in [-0.2, -0.15) is 9.06 Å². The lowest BCUT2D eigenvalue weighted by Gasteiger charge is -2.40. The number of carbonyl (C=O) groups excluding carboxylic acids is 2. The maximum atomic E-state index is 12.2. The molecule has 0 rings (SSSR count). The Kier molecular flexibility index (Phi) is 12.6. The zero-order chi connectivity index (χ0) is 26.7. The molecule has 0 aliphatic rings. The molecule has 0 aliphatic carbocycles. The fraction of sp³-hybridized carbons (Fsp3) is 0.636. The zero-order valence-corrected chi connectivity index (χ0v) is 22.3. The summed E-state index contributed by atoms with van der Waals surface area (Å²) in [6, 6.07) is -2.55. The second-order valence-corrected chi connectivity index (χ2v) is 15.7. The highest BCUT2D eigenvalue weighted by atomic mass is 33.2. The highest BCUT2D eigenvalue weighted by molar-refractivity contribution is 8.94. The summed E-state index contributed by atoms with van der Waals surface area (Å²) in [6.07, 6.45) is 1.50. The molecular weight excluding hydrogens is 484 g/mol. The standard InChI is InChI=1S/C22H38N2O8S2/c1-9-11-34(12-10-2,14-16(18(27)28)24-20(30)32-22(6,7)8)33-13-15(17(25)26)23-19(29)31-21(3,4)5/h9-10,15-16H,1-2,11-14H2,3-8H3,(H,23,29)(H,24,30)(H,25,26)(H,27,28)/t15-,16-/m0/s1. The first-order chi connectivity index (χ1) is 15.4. The Morgan fingerprint density at radius 2 is 1.24 bits per heavy atom. The van der Waals surface area contributed by atoms with Crippen molar-refractivity contribution in [2.24, 2.45) is 0 Å². The predicted molar refractivity (Wildman–Crippen MR) is 137 cm³/mol. The molecule has 0 fully saturated rings. The van der Waals surface area contributed by atoms with Crippen LogP contribution in [0.2, 0.25) is 0 Å². The van der Waals surface area contributed by atoms with E-state index >= 15 is 0 Å². The molecule has 0 aromatic rings. The van der Waals surface area contributed by atoms with Crippen molar-refractivity contribution in [3.63, 3.8) is 0 Å². The number of carboxylic acids is 2. The number of carboxylic acid groups (broad SMARTS) is 2. The molecule has 0 unspecified atom stereocenters. The third kappa shape index (κ3) is 13.4. The minimum atomic E-state index is -1.96. The van der Waals surface area contributed by atoms with Gasteiger partial charge in [0.25, 0.3) is 0 Å². The Morgan fingerprint density at radius 3 is 1.56 bits per heavy atom. The largest absolute Gasteiger partial charge is 0.480 e. The zero-order valence-electron chi connectivity index (χ0n) is 20.7. The van der Waals surface area contributed by atoms with Gasteiger partial charge in [-0.25, -0.2) is 19.2 Å². The summed E-state index contributed by atoms with van der Waals surface area (Å²) in [5.74, 6) is -1.79. The third-order valence-electron chi connectivity index (χ3n) is 3.78. The van der Waals surface area contributed by atoms with E-state index in [0.717, 1.165) is 0 Å². The van der Waals surface area contributed by atoms with Crippen molar-refractivity contribution in [2.45, 2.75) is 64.8 Å². The van der Waals surface area contributed by atoms with Gasteiger partial charge < -0.3 is 30.3 Å². The number of carbonyl (C=O) groups is 4. The summed E-state index contributed by atoms with van der Waals surface area (Å²) in [5, 5.41) is 24.0. The molecule has 196 valence electrons. The van der Waals surface area contributed by atoms with Crippen molar-refractivity contribution >= 4 is 44.0 Å². The first-order valence-corrected chi connectivity index (χ1v) is 14.1. The molecule has 10 nitrogen and oxygen atoms in total. The van der Waals surface area contributed by atoms with Crippen LogP contribution in [0.4, 0.5) is 9.59 Å². The van der Waals surface area contributed by atoms with Gasteiger partial charge in [0.15, 0.2) is 0 Å². The molecule has 0 radical (unpaired) electrons. The summed E-state index contributed by atoms with van der Waals surface area (Å²) in [5.41, 5.74) is -1.61. The Labute approximate surface area is 206 Å². The van der Waals surface area contributed by atoms with E-state index in [-0.39, 0.29) is 11.5 Å². The average Bonchev–Trinajstić information content (AvgIpc) is 2.61. The number of nitrogens with one attached hydrogen (secondary N) is 2. The van der Waals surface area contributed by atoms with Gasteiger partial charge in [0.1, 0.15) is 23.3 Å². The quantitative estimate of drug-likeness (QED) is 0.209. The minimum absolute atomic E-state index is 0.0169. The second kappa shape index (κ2) is 13.5. The van der Waals surface area contributed by atoms with Crippen LogP contribution in [-0.2, 0) is 19.1 Å². The molecule has 4 N–H and O–H groups in total. The van der Waals surface area contributed by atoms with E-state index in [0.29, 0.717) is 11.5 Å². The lowest BCUT2D eigenvalue weighted by molar-refractivity contribution is -0.139. The van der Waals surface area contributed by atoms with E-state index in [9.17, 15) is 29.4 Å². The molecule has 0 aliphatic heterocycles. The van der Waals surface area contributed by atoms with Crippen LogP contribution in [0.1, 0.15) is 41.5 Å². The number of amides is 2. The maximum absolute atomic E-state index is 12.2. The second-order valence-electron chi connectivity index (χ2n) is 9.40. The Morgan fingerprint density at radius 1 is 0.853 bits per heavy atom. The van der Waals surface area contributed by atoms with Crippen molar-refractivity contribution in [1.29, 1.82) is 0 Å². The van der Waals surface area contributed by atoms with Crippen LogP contribution in [-0.4, -0.2) is 80.6 Å². The molecule has 0 saturated carbocycles. The Bertz CT molecular complexity index is 749. The van der Waals surface area contributed by atoms with E-state index in [1.165, 1.54) is 10.8 Å². The maximum Gasteiger partial charge on any atom is 0.408 e. The van der Waals surface area contributed by atoms with Crippen LogP contribution in [0, 0.1) is 0 Å². The van der Waals surface area contributed by atoms with Gasteiger partial charge in [-0.3, -0.25) is 0 Å². The van der Waals surface area contributed by atoms with Gasteiger partial charge in [-0.1, -0.05) is 12.2 Å². The molecule has 2 atom stereocenters. The Balaban J connectivity index is 5.68. The van der Waals surface area contributed by atoms with Crippen molar-refractivity contribution in [3.8, 4) is 0 Å². The van der Waals surface area contributed by atoms with Gasteiger partial charge in [-0.15, -0.1) is 24.0 Å². The third-order valence-corrected chi connectivity index (χ3v) is 10.5. The summed E-state index contributed by atoms with van der Waals surface area (Å²) >= 11 is 0. The lowest BCUT2D eigenvalue weighted by atomic mass is 10.2. The SMILES string of the molecule is C=CCS(CC=C)(C[C@H](NC(=O)OC(C)(C)C)C(=O)O)SC[C@H](NC(=O)OC(C)(C)C)C(=O)O. The molecule has 0 spiro atoms. The van der Waals surface area contributed by atoms with Crippen LogP contribution >= 0.6 is 19.9 Å². The predicted octanol–water partition coefficient (Wildman–Crippen LogP) is 3.77. The monoisotopic (exact) mass is 522 g/mol. The van der Waals surface area contributed by atoms with Crippen molar-refractivity contribution in [2.75, 3.05) is 23.0 Å². The van der Waals surface area contributed by atoms with Crippen molar-refractivity contribution < 1.29 is 38.9 Å². The van der Waals surface area contributed by atoms with Crippen LogP contribution in [0.25, 0.3) is 0 Å². The fourth-order valence-electron chi connectivity index (χ4n) is 2.54. The molecule has 0 heterocycles. The average molecular weight is 523 g/mol. The van der Waals surface area contributed by atoms with Gasteiger partial charge in [-0.05, 0) is 41.5 Å². The molecular formula is C22H38N2O8S2. The molecule has 34 heavy (non-hydrogen) atoms. The van der Waals surface area contributed by atoms with Crippen molar-refractivity contribution in [3.05, 3.63) is 25.3 Å². The van der Waals surface area contributed by atoms with Gasteiger partial charge >= 0.3 is 24.1 Å². The topological polar surface area (TPSA) is 151 Å². The fourth-order valence-corrected chi connectivity index (χ4v) is 8.71. The molecule has 0 aromatic carbocycles. The summed E-state index contributed by atoms with van der Waals surface area (Å²) in [6.45, 7) is 17.4. The molecule has 2 amide bonds. The highest BCUT2D eigenvalue weighted by Gasteiger charge is 2.34. The van der Waals surface area contributed by atoms with Crippen molar-refractivity contribution in [1.82, 2.24) is 10.6 Å². The van der Waals surface area contributed by atoms with Gasteiger partial charge in [0.2, 0.25) is 0 Å². The van der Waals surface area contributed by atoms with E-state index in [4.69, 9.17) is 9.47 Å². The summed E-state index contributed by atoms with van der Waals surface area (Å²) < 4.78 is 10.3. The van der Waals surface area contributed by atoms with Gasteiger partial charge in [0, 0.05) is 23.0 Å². The first kappa shape index (κ1) is 31.7.